The van der Waals surface area contributed by atoms with Crippen molar-refractivity contribution in [2.75, 3.05) is 0 Å². The normalized spacial score (nSPS) is 16.4. The minimum atomic E-state index is -0.736. The maximum absolute atomic E-state index is 12.6. The van der Waals surface area contributed by atoms with E-state index < -0.39 is 11.6 Å². The van der Waals surface area contributed by atoms with Gasteiger partial charge in [-0.05, 0) is 98.9 Å². The number of aryl methyl sites for hydroxylation is 6. The predicted molar refractivity (Wildman–Crippen MR) is 144 cm³/mol. The lowest BCUT2D eigenvalue weighted by Gasteiger charge is -2.22. The molecule has 1 aliphatic rings. The highest BCUT2D eigenvalue weighted by molar-refractivity contribution is 5.24. The SMILES string of the molecule is CC1CCC(C)CC1.Cc1ccc(C)c(F)c1.Cc1ccc(C)c(F)c1.Cc1ccc(C)c(F)c1F. The van der Waals surface area contributed by atoms with E-state index in [1.54, 1.807) is 38.1 Å². The largest absolute Gasteiger partial charge is 0.207 e. The van der Waals surface area contributed by atoms with Crippen LogP contribution in [0.2, 0.25) is 0 Å². The first-order valence-electron chi connectivity index (χ1n) is 12.7. The quantitative estimate of drug-likeness (QED) is 0.268. The van der Waals surface area contributed by atoms with E-state index in [0.29, 0.717) is 22.3 Å². The van der Waals surface area contributed by atoms with E-state index in [1.165, 1.54) is 51.7 Å². The van der Waals surface area contributed by atoms with Gasteiger partial charge in [0.25, 0.3) is 0 Å². The third kappa shape index (κ3) is 11.4. The van der Waals surface area contributed by atoms with E-state index in [-0.39, 0.29) is 11.6 Å². The molecule has 1 aliphatic carbocycles. The van der Waals surface area contributed by atoms with Crippen molar-refractivity contribution in [3.8, 4) is 0 Å². The second kappa shape index (κ2) is 15.5. The van der Waals surface area contributed by atoms with Gasteiger partial charge in [0.1, 0.15) is 11.6 Å². The summed E-state index contributed by atoms with van der Waals surface area (Å²) < 4.78 is 50.4. The van der Waals surface area contributed by atoms with E-state index in [9.17, 15) is 17.6 Å². The molecule has 0 amide bonds. The van der Waals surface area contributed by atoms with Crippen LogP contribution in [0.15, 0.2) is 48.5 Å². The molecule has 198 valence electrons. The molecule has 0 unspecified atom stereocenters. The van der Waals surface area contributed by atoms with E-state index in [2.05, 4.69) is 13.8 Å². The Kier molecular flexibility index (Phi) is 13.5. The van der Waals surface area contributed by atoms with Crippen LogP contribution < -0.4 is 0 Å². The molecule has 4 heteroatoms. The summed E-state index contributed by atoms with van der Waals surface area (Å²) in [6.07, 6.45) is 5.89. The molecule has 0 bridgehead atoms. The van der Waals surface area contributed by atoms with Crippen molar-refractivity contribution in [1.82, 2.24) is 0 Å². The van der Waals surface area contributed by atoms with Crippen LogP contribution in [0, 0.1) is 76.6 Å². The molecule has 0 saturated heterocycles. The first-order chi connectivity index (χ1) is 16.8. The topological polar surface area (TPSA) is 0 Å². The highest BCUT2D eigenvalue weighted by atomic mass is 19.2. The molecule has 0 aliphatic heterocycles. The molecular formula is C32H42F4. The molecule has 36 heavy (non-hydrogen) atoms. The maximum Gasteiger partial charge on any atom is 0.161 e. The zero-order valence-corrected chi connectivity index (χ0v) is 23.1. The Morgan fingerprint density at radius 3 is 1.00 bits per heavy atom. The summed E-state index contributed by atoms with van der Waals surface area (Å²) in [4.78, 5) is 0. The van der Waals surface area contributed by atoms with Crippen LogP contribution in [-0.2, 0) is 0 Å². The molecule has 0 radical (unpaired) electrons. The lowest BCUT2D eigenvalue weighted by Crippen LogP contribution is -2.08. The van der Waals surface area contributed by atoms with Crippen molar-refractivity contribution in [1.29, 1.82) is 0 Å². The van der Waals surface area contributed by atoms with Crippen LogP contribution in [-0.4, -0.2) is 0 Å². The fourth-order valence-corrected chi connectivity index (χ4v) is 3.57. The van der Waals surface area contributed by atoms with Gasteiger partial charge in [-0.1, -0.05) is 75.9 Å². The lowest BCUT2D eigenvalue weighted by molar-refractivity contribution is 0.308. The molecule has 0 spiro atoms. The van der Waals surface area contributed by atoms with E-state index in [0.717, 1.165) is 23.0 Å². The molecule has 1 fully saturated rings. The summed E-state index contributed by atoms with van der Waals surface area (Å²) in [6.45, 7) is 15.1. The number of rotatable bonds is 0. The van der Waals surface area contributed by atoms with Gasteiger partial charge in [-0.2, -0.15) is 0 Å². The van der Waals surface area contributed by atoms with E-state index in [1.807, 2.05) is 26.0 Å². The van der Waals surface area contributed by atoms with Crippen molar-refractivity contribution in [2.24, 2.45) is 11.8 Å². The molecule has 1 saturated carbocycles. The number of benzene rings is 3. The zero-order chi connectivity index (χ0) is 27.4. The fourth-order valence-electron chi connectivity index (χ4n) is 3.57. The Balaban J connectivity index is 0.000000241. The summed E-state index contributed by atoms with van der Waals surface area (Å²) >= 11 is 0. The van der Waals surface area contributed by atoms with Crippen LogP contribution in [0.5, 0.6) is 0 Å². The third-order valence-electron chi connectivity index (χ3n) is 6.43. The van der Waals surface area contributed by atoms with Crippen molar-refractivity contribution in [2.45, 2.75) is 81.1 Å². The zero-order valence-electron chi connectivity index (χ0n) is 23.1. The van der Waals surface area contributed by atoms with Crippen molar-refractivity contribution in [3.05, 3.63) is 105 Å². The molecule has 3 aromatic rings. The molecule has 0 atom stereocenters. The standard InChI is InChI=1S/C8H8F2.2C8H9F.C8H16/c1-5-3-4-6(2)8(10)7(5)9;2*1-6-3-4-7(2)8(9)5-6;1-7-3-5-8(2)6-4-7/h3-4H,1-2H3;2*3-5H,1-2H3;7-8H,3-6H2,1-2H3. The van der Waals surface area contributed by atoms with Crippen LogP contribution in [0.4, 0.5) is 17.6 Å². The fraction of sp³-hybridized carbons (Fsp3) is 0.438. The first kappa shape index (κ1) is 31.4. The van der Waals surface area contributed by atoms with Gasteiger partial charge in [0.05, 0.1) is 0 Å². The van der Waals surface area contributed by atoms with Crippen LogP contribution in [0.25, 0.3) is 0 Å². The van der Waals surface area contributed by atoms with Crippen LogP contribution >= 0.6 is 0 Å². The molecule has 0 aromatic heterocycles. The summed E-state index contributed by atoms with van der Waals surface area (Å²) in [5, 5.41) is 0. The average molecular weight is 503 g/mol. The van der Waals surface area contributed by atoms with E-state index in [4.69, 9.17) is 0 Å². The van der Waals surface area contributed by atoms with Gasteiger partial charge in [-0.3, -0.25) is 0 Å². The average Bonchev–Trinajstić information content (AvgIpc) is 2.83. The van der Waals surface area contributed by atoms with Gasteiger partial charge in [-0.15, -0.1) is 0 Å². The minimum Gasteiger partial charge on any atom is -0.207 e. The summed E-state index contributed by atoms with van der Waals surface area (Å²) in [5.41, 5.74) is 4.06. The summed E-state index contributed by atoms with van der Waals surface area (Å²) in [7, 11) is 0. The van der Waals surface area contributed by atoms with Crippen molar-refractivity contribution in [3.63, 3.8) is 0 Å². The number of hydrogen-bond donors (Lipinski definition) is 0. The Morgan fingerprint density at radius 1 is 0.472 bits per heavy atom. The maximum atomic E-state index is 12.6. The predicted octanol–water partition coefficient (Wildman–Crippen LogP) is 10.3. The first-order valence-corrected chi connectivity index (χ1v) is 12.7. The molecule has 0 heterocycles. The Labute approximate surface area is 215 Å². The number of hydrogen-bond acceptors (Lipinski definition) is 0. The molecule has 0 nitrogen and oxygen atoms in total. The lowest BCUT2D eigenvalue weighted by atomic mass is 9.84. The smallest absolute Gasteiger partial charge is 0.161 e. The minimum absolute atomic E-state index is 0.116. The molecule has 3 aromatic carbocycles. The Morgan fingerprint density at radius 2 is 0.750 bits per heavy atom. The summed E-state index contributed by atoms with van der Waals surface area (Å²) in [6, 6.07) is 13.6. The van der Waals surface area contributed by atoms with Gasteiger partial charge in [0.2, 0.25) is 0 Å². The Bertz CT molecular complexity index is 993. The van der Waals surface area contributed by atoms with Crippen molar-refractivity contribution >= 4 is 0 Å². The third-order valence-corrected chi connectivity index (χ3v) is 6.43. The number of halogens is 4. The van der Waals surface area contributed by atoms with Gasteiger partial charge in [0, 0.05) is 0 Å². The van der Waals surface area contributed by atoms with Gasteiger partial charge < -0.3 is 0 Å². The summed E-state index contributed by atoms with van der Waals surface area (Å²) in [5.74, 6) is 0.336. The van der Waals surface area contributed by atoms with Crippen LogP contribution in [0.3, 0.4) is 0 Å². The molecule has 4 rings (SSSR count). The van der Waals surface area contributed by atoms with Gasteiger partial charge >= 0.3 is 0 Å². The van der Waals surface area contributed by atoms with Gasteiger partial charge in [0.15, 0.2) is 11.6 Å². The highest BCUT2D eigenvalue weighted by Gasteiger charge is 2.13. The highest BCUT2D eigenvalue weighted by Crippen LogP contribution is 2.27. The van der Waals surface area contributed by atoms with Crippen molar-refractivity contribution < 1.29 is 17.6 Å². The van der Waals surface area contributed by atoms with Gasteiger partial charge in [-0.25, -0.2) is 17.6 Å². The van der Waals surface area contributed by atoms with Crippen LogP contribution in [0.1, 0.15) is 72.9 Å². The second-order valence-corrected chi connectivity index (χ2v) is 10.2. The second-order valence-electron chi connectivity index (χ2n) is 10.2. The van der Waals surface area contributed by atoms with E-state index >= 15 is 0 Å². The molecular weight excluding hydrogens is 460 g/mol. The Hall–Kier alpha value is -2.62. The molecule has 0 N–H and O–H groups in total. The monoisotopic (exact) mass is 502 g/mol.